The Morgan fingerprint density at radius 3 is 1.07 bits per heavy atom. The zero-order chi connectivity index (χ0) is 33.8. The van der Waals surface area contributed by atoms with E-state index in [1.807, 2.05) is 0 Å². The molecule has 248 valence electrons. The van der Waals surface area contributed by atoms with Crippen LogP contribution in [0.15, 0.2) is 36.4 Å². The molecule has 2 aromatic rings. The molecular weight excluding hydrogens is 601 g/mol. The largest absolute Gasteiger partial charge is 0.467 e. The molecule has 0 saturated heterocycles. The second kappa shape index (κ2) is 18.7. The molecule has 0 spiro atoms. The quantitative estimate of drug-likeness (QED) is 0.165. The summed E-state index contributed by atoms with van der Waals surface area (Å²) in [4.78, 5) is 0. The Morgan fingerprint density at radius 2 is 0.791 bits per heavy atom. The van der Waals surface area contributed by atoms with Crippen LogP contribution in [-0.4, -0.2) is 53.6 Å². The first-order chi connectivity index (χ1) is 19.5. The fraction of sp³-hybridized carbons (Fsp3) is 0.636. The zero-order valence-corrected chi connectivity index (χ0v) is 32.1. The van der Waals surface area contributed by atoms with E-state index in [1.54, 1.807) is 13.3 Å². The van der Waals surface area contributed by atoms with E-state index in [9.17, 15) is 13.7 Å². The third-order valence-corrected chi connectivity index (χ3v) is 8.46. The number of benzene rings is 2. The summed E-state index contributed by atoms with van der Waals surface area (Å²) in [6.45, 7) is 28.8. The van der Waals surface area contributed by atoms with Gasteiger partial charge in [0.25, 0.3) is 0 Å². The normalized spacial score (nSPS) is 12.3. The van der Waals surface area contributed by atoms with Crippen molar-refractivity contribution in [1.29, 1.82) is 0 Å². The lowest BCUT2D eigenvalue weighted by molar-refractivity contribution is 0.122. The Hall–Kier alpha value is -1.19. The van der Waals surface area contributed by atoms with Crippen molar-refractivity contribution < 1.29 is 32.0 Å². The Bertz CT molecular complexity index is 1180. The van der Waals surface area contributed by atoms with E-state index >= 15 is 0 Å². The van der Waals surface area contributed by atoms with Gasteiger partial charge in [-0.15, -0.1) is 0 Å². The maximum Gasteiger partial charge on any atom is 0.200 e. The third-order valence-electron chi connectivity index (χ3n) is 6.28. The van der Waals surface area contributed by atoms with Crippen LogP contribution in [0.3, 0.4) is 0 Å². The van der Waals surface area contributed by atoms with Gasteiger partial charge in [-0.2, -0.15) is 0 Å². The molecule has 10 heteroatoms. The van der Waals surface area contributed by atoms with Gasteiger partial charge in [-0.05, 0) is 58.4 Å². The van der Waals surface area contributed by atoms with Crippen molar-refractivity contribution in [2.24, 2.45) is 0 Å². The van der Waals surface area contributed by atoms with Crippen LogP contribution in [-0.2, 0) is 27.3 Å². The van der Waals surface area contributed by atoms with E-state index < -0.39 is 22.1 Å². The summed E-state index contributed by atoms with van der Waals surface area (Å²) in [5.74, 6) is 2.91. The molecule has 0 bridgehead atoms. The summed E-state index contributed by atoms with van der Waals surface area (Å²) in [6, 6.07) is 12.9. The predicted molar refractivity (Wildman–Crippen MR) is 186 cm³/mol. The van der Waals surface area contributed by atoms with Crippen LogP contribution in [0.2, 0.25) is 0 Å². The highest BCUT2D eigenvalue weighted by atomic mass is 31.2. The topological polar surface area (TPSA) is 88.1 Å². The van der Waals surface area contributed by atoms with E-state index in [0.717, 1.165) is 16.9 Å². The monoisotopic (exact) mass is 660 g/mol. The van der Waals surface area contributed by atoms with E-state index in [-0.39, 0.29) is 13.6 Å². The molecule has 2 rings (SSSR count). The highest BCUT2D eigenvalue weighted by molar-refractivity contribution is 7.58. The van der Waals surface area contributed by atoms with Gasteiger partial charge in [0.05, 0.1) is 0 Å². The number of hydrogen-bond acceptors (Lipinski definition) is 7. The third kappa shape index (κ3) is 18.4. The van der Waals surface area contributed by atoms with Crippen LogP contribution in [0.1, 0.15) is 107 Å². The molecule has 0 aliphatic heterocycles. The standard InChI is InChI=1S/C15H25O3P.C13H20.C5H14O4P2/c1-11(2)13-8-7-9-14(12(3)4)15(13)17-10-18-19(5,6)16;1-9(2)12-7-6-8-13(10(3)4)11(12)5;1-10(2,6)8-5-9-11(3,4)7/h7-9,11-12H,10H2,1-6H3;6-10H,1-5H3;5H2,1-4H3. The molecule has 0 N–H and O–H groups in total. The van der Waals surface area contributed by atoms with Crippen molar-refractivity contribution in [2.75, 3.05) is 53.6 Å². The number of rotatable bonds is 12. The molecule has 43 heavy (non-hydrogen) atoms. The number of hydrogen-bond donors (Lipinski definition) is 0. The molecule has 0 aliphatic carbocycles. The summed E-state index contributed by atoms with van der Waals surface area (Å²) in [6.07, 6.45) is 0. The lowest BCUT2D eigenvalue weighted by Gasteiger charge is -2.20. The fourth-order valence-corrected chi connectivity index (χ4v) is 5.06. The van der Waals surface area contributed by atoms with E-state index in [0.29, 0.717) is 23.7 Å². The van der Waals surface area contributed by atoms with Crippen LogP contribution >= 0.6 is 22.1 Å². The molecule has 0 saturated carbocycles. The minimum absolute atomic E-state index is 0.0354. The van der Waals surface area contributed by atoms with Gasteiger partial charge >= 0.3 is 0 Å². The van der Waals surface area contributed by atoms with E-state index in [4.69, 9.17) is 18.3 Å². The minimum Gasteiger partial charge on any atom is -0.467 e. The predicted octanol–water partition coefficient (Wildman–Crippen LogP) is 11.1. The van der Waals surface area contributed by atoms with Crippen molar-refractivity contribution in [3.8, 4) is 5.75 Å². The Labute approximate surface area is 263 Å². The Kier molecular flexibility index (Phi) is 18.2. The lowest BCUT2D eigenvalue weighted by Crippen LogP contribution is -2.07. The highest BCUT2D eigenvalue weighted by Gasteiger charge is 2.16. The lowest BCUT2D eigenvalue weighted by atomic mass is 9.90. The molecule has 0 atom stereocenters. The average Bonchev–Trinajstić information content (AvgIpc) is 2.82. The minimum atomic E-state index is -2.51. The summed E-state index contributed by atoms with van der Waals surface area (Å²) in [5, 5.41) is 0. The highest BCUT2D eigenvalue weighted by Crippen LogP contribution is 2.42. The number of ether oxygens (including phenoxy) is 1. The first-order valence-corrected chi connectivity index (χ1v) is 22.5. The van der Waals surface area contributed by atoms with Crippen molar-refractivity contribution in [3.63, 3.8) is 0 Å². The van der Waals surface area contributed by atoms with E-state index in [1.165, 1.54) is 43.3 Å². The molecular formula is C33H59O7P3. The van der Waals surface area contributed by atoms with Crippen molar-refractivity contribution in [2.45, 2.75) is 86.0 Å². The van der Waals surface area contributed by atoms with Crippen molar-refractivity contribution in [1.82, 2.24) is 0 Å². The van der Waals surface area contributed by atoms with Gasteiger partial charge in [-0.25, -0.2) is 0 Å². The van der Waals surface area contributed by atoms with Gasteiger partial charge in [0.1, 0.15) is 5.75 Å². The number of para-hydroxylation sites is 1. The molecule has 0 heterocycles. The van der Waals surface area contributed by atoms with Crippen LogP contribution in [0.4, 0.5) is 0 Å². The summed E-state index contributed by atoms with van der Waals surface area (Å²) in [5.41, 5.74) is 6.79. The van der Waals surface area contributed by atoms with E-state index in [2.05, 4.69) is 98.7 Å². The molecule has 0 unspecified atom stereocenters. The Balaban J connectivity index is 0.000000646. The smallest absolute Gasteiger partial charge is 0.200 e. The van der Waals surface area contributed by atoms with Gasteiger partial charge in [0.15, 0.2) is 35.7 Å². The van der Waals surface area contributed by atoms with Crippen molar-refractivity contribution >= 4 is 22.1 Å². The maximum atomic E-state index is 11.5. The molecule has 0 radical (unpaired) electrons. The maximum absolute atomic E-state index is 11.5. The van der Waals surface area contributed by atoms with Gasteiger partial charge in [0, 0.05) is 40.0 Å². The van der Waals surface area contributed by atoms with Crippen LogP contribution < -0.4 is 4.74 Å². The van der Waals surface area contributed by atoms with Gasteiger partial charge < -0.3 is 13.8 Å². The van der Waals surface area contributed by atoms with Gasteiger partial charge in [0.2, 0.25) is 0 Å². The Morgan fingerprint density at radius 1 is 0.512 bits per heavy atom. The molecule has 0 aliphatic rings. The van der Waals surface area contributed by atoms with Crippen LogP contribution in [0.25, 0.3) is 0 Å². The van der Waals surface area contributed by atoms with Crippen LogP contribution in [0.5, 0.6) is 5.75 Å². The molecule has 0 amide bonds. The first-order valence-electron chi connectivity index (χ1n) is 14.9. The summed E-state index contributed by atoms with van der Waals surface area (Å²) >= 11 is 0. The second-order valence-corrected chi connectivity index (χ2v) is 21.3. The second-order valence-electron chi connectivity index (χ2n) is 13.0. The summed E-state index contributed by atoms with van der Waals surface area (Å²) in [7, 11) is -7.50. The van der Waals surface area contributed by atoms with Crippen molar-refractivity contribution in [3.05, 3.63) is 64.2 Å². The zero-order valence-electron chi connectivity index (χ0n) is 29.4. The SMILES string of the molecule is CC(C)c1cccc(C(C)C)c1OCOP(C)(C)=O.CP(C)(=O)OCOP(C)(C)=O.Cc1c(C(C)C)cccc1C(C)C. The molecule has 0 fully saturated rings. The van der Waals surface area contributed by atoms with Crippen LogP contribution in [0, 0.1) is 6.92 Å². The fourth-order valence-electron chi connectivity index (χ4n) is 4.06. The molecule has 7 nitrogen and oxygen atoms in total. The molecule has 0 aromatic heterocycles. The summed E-state index contributed by atoms with van der Waals surface area (Å²) < 4.78 is 53.9. The molecule has 2 aromatic carbocycles. The average molecular weight is 661 g/mol. The van der Waals surface area contributed by atoms with Gasteiger partial charge in [-0.3, -0.25) is 18.2 Å². The first kappa shape index (κ1) is 41.8. The van der Waals surface area contributed by atoms with Gasteiger partial charge in [-0.1, -0.05) is 91.8 Å².